The maximum absolute atomic E-state index is 12.3. The molecule has 3 nitrogen and oxygen atoms in total. The third-order valence-corrected chi connectivity index (χ3v) is 3.73. The van der Waals surface area contributed by atoms with Crippen LogP contribution in [-0.4, -0.2) is 66.0 Å². The van der Waals surface area contributed by atoms with Crippen molar-refractivity contribution >= 4 is 0 Å². The topological polar surface area (TPSA) is 26.7 Å². The quantitative estimate of drug-likeness (QED) is 0.796. The van der Waals surface area contributed by atoms with Crippen molar-refractivity contribution < 1.29 is 18.3 Å². The Morgan fingerprint density at radius 1 is 1.18 bits per heavy atom. The smallest absolute Gasteiger partial charge is 0.382 e. The van der Waals surface area contributed by atoms with Gasteiger partial charge in [0.15, 0.2) is 6.10 Å². The molecule has 17 heavy (non-hydrogen) atoms. The highest BCUT2D eigenvalue weighted by Crippen LogP contribution is 2.24. The van der Waals surface area contributed by atoms with Crippen LogP contribution in [0.15, 0.2) is 0 Å². The number of piperidine rings is 1. The number of hydrogen-bond acceptors (Lipinski definition) is 3. The van der Waals surface area contributed by atoms with Crippen LogP contribution in [0.25, 0.3) is 0 Å². The molecule has 2 aliphatic rings. The largest absolute Gasteiger partial charge is 0.415 e. The molecule has 0 aliphatic carbocycles. The van der Waals surface area contributed by atoms with Crippen LogP contribution in [0.5, 0.6) is 0 Å². The lowest BCUT2D eigenvalue weighted by Gasteiger charge is -2.44. The minimum Gasteiger partial charge on any atom is -0.382 e. The Bertz CT molecular complexity index is 260. The van der Waals surface area contributed by atoms with Gasteiger partial charge in [-0.15, -0.1) is 0 Å². The zero-order valence-electron chi connectivity index (χ0n) is 9.79. The number of halogens is 3. The van der Waals surface area contributed by atoms with Gasteiger partial charge < -0.3 is 5.11 Å². The van der Waals surface area contributed by atoms with Crippen molar-refractivity contribution in [3.8, 4) is 0 Å². The van der Waals surface area contributed by atoms with E-state index in [1.54, 1.807) is 4.90 Å². The SMILES string of the molecule is OC(CN1CCN2CCCCC2C1)C(F)(F)F. The number of hydrogen-bond donors (Lipinski definition) is 1. The van der Waals surface area contributed by atoms with Crippen molar-refractivity contribution in [1.82, 2.24) is 9.80 Å². The second kappa shape index (κ2) is 5.12. The Balaban J connectivity index is 1.83. The first kappa shape index (κ1) is 13.1. The van der Waals surface area contributed by atoms with Crippen molar-refractivity contribution in [3.05, 3.63) is 0 Å². The third kappa shape index (κ3) is 3.33. The molecule has 2 heterocycles. The summed E-state index contributed by atoms with van der Waals surface area (Å²) in [5, 5.41) is 9.05. The van der Waals surface area contributed by atoms with Crippen LogP contribution in [0.2, 0.25) is 0 Å². The summed E-state index contributed by atoms with van der Waals surface area (Å²) in [6.07, 6.45) is -3.28. The first-order chi connectivity index (χ1) is 7.97. The summed E-state index contributed by atoms with van der Waals surface area (Å²) >= 11 is 0. The van der Waals surface area contributed by atoms with Crippen LogP contribution in [0, 0.1) is 0 Å². The van der Waals surface area contributed by atoms with Crippen molar-refractivity contribution in [2.45, 2.75) is 37.6 Å². The molecule has 2 atom stereocenters. The standard InChI is InChI=1S/C11H19F3N2O/c12-11(13,14)10(17)8-15-5-6-16-4-2-1-3-9(16)7-15/h9-10,17H,1-8H2. The fourth-order valence-electron chi connectivity index (χ4n) is 2.73. The molecule has 0 saturated carbocycles. The minimum atomic E-state index is -4.50. The van der Waals surface area contributed by atoms with Crippen LogP contribution < -0.4 is 0 Å². The fraction of sp³-hybridized carbons (Fsp3) is 1.00. The highest BCUT2D eigenvalue weighted by molar-refractivity contribution is 4.86. The molecule has 2 aliphatic heterocycles. The molecule has 0 bridgehead atoms. The van der Waals surface area contributed by atoms with E-state index < -0.39 is 12.3 Å². The van der Waals surface area contributed by atoms with Gasteiger partial charge in [-0.25, -0.2) is 0 Å². The molecule has 0 radical (unpaired) electrons. The Kier molecular flexibility index (Phi) is 3.95. The van der Waals surface area contributed by atoms with Gasteiger partial charge in [0.2, 0.25) is 0 Å². The summed E-state index contributed by atoms with van der Waals surface area (Å²) < 4.78 is 36.8. The highest BCUT2D eigenvalue weighted by atomic mass is 19.4. The van der Waals surface area contributed by atoms with Gasteiger partial charge in [-0.2, -0.15) is 13.2 Å². The lowest BCUT2D eigenvalue weighted by molar-refractivity contribution is -0.209. The van der Waals surface area contributed by atoms with E-state index in [1.165, 1.54) is 6.42 Å². The molecular weight excluding hydrogens is 233 g/mol. The molecule has 6 heteroatoms. The Morgan fingerprint density at radius 2 is 1.94 bits per heavy atom. The van der Waals surface area contributed by atoms with E-state index in [1.807, 2.05) is 0 Å². The predicted molar refractivity (Wildman–Crippen MR) is 57.7 cm³/mol. The second-order valence-corrected chi connectivity index (χ2v) is 5.00. The molecule has 2 unspecified atom stereocenters. The summed E-state index contributed by atoms with van der Waals surface area (Å²) in [4.78, 5) is 4.10. The minimum absolute atomic E-state index is 0.284. The van der Waals surface area contributed by atoms with E-state index in [0.29, 0.717) is 19.1 Å². The van der Waals surface area contributed by atoms with Crippen molar-refractivity contribution in [3.63, 3.8) is 0 Å². The number of nitrogens with zero attached hydrogens (tertiary/aromatic N) is 2. The molecule has 0 amide bonds. The number of piperazine rings is 1. The van der Waals surface area contributed by atoms with Crippen molar-refractivity contribution in [2.75, 3.05) is 32.7 Å². The van der Waals surface area contributed by atoms with Crippen molar-refractivity contribution in [1.29, 1.82) is 0 Å². The van der Waals surface area contributed by atoms with Crippen LogP contribution in [-0.2, 0) is 0 Å². The van der Waals surface area contributed by atoms with Gasteiger partial charge in [-0.05, 0) is 19.4 Å². The summed E-state index contributed by atoms with van der Waals surface area (Å²) in [6, 6.07) is 0.387. The van der Waals surface area contributed by atoms with Gasteiger partial charge in [0.1, 0.15) is 0 Å². The van der Waals surface area contributed by atoms with Gasteiger partial charge in [0, 0.05) is 32.2 Å². The van der Waals surface area contributed by atoms with E-state index in [4.69, 9.17) is 5.11 Å². The molecule has 0 spiro atoms. The second-order valence-electron chi connectivity index (χ2n) is 5.00. The normalized spacial score (nSPS) is 30.0. The van der Waals surface area contributed by atoms with Gasteiger partial charge >= 0.3 is 6.18 Å². The fourth-order valence-corrected chi connectivity index (χ4v) is 2.73. The number of aliphatic hydroxyl groups excluding tert-OH is 1. The van der Waals surface area contributed by atoms with E-state index in [9.17, 15) is 13.2 Å². The first-order valence-corrected chi connectivity index (χ1v) is 6.18. The monoisotopic (exact) mass is 252 g/mol. The van der Waals surface area contributed by atoms with E-state index in [2.05, 4.69) is 4.90 Å². The summed E-state index contributed by atoms with van der Waals surface area (Å²) in [6.45, 7) is 2.90. The number of rotatable bonds is 2. The number of β-amino-alcohol motifs (C(OH)–C–C–N with tert-alkyl or cyclic N) is 1. The zero-order chi connectivity index (χ0) is 12.5. The Morgan fingerprint density at radius 3 is 2.65 bits per heavy atom. The van der Waals surface area contributed by atoms with Crippen LogP contribution in [0.4, 0.5) is 13.2 Å². The predicted octanol–water partition coefficient (Wildman–Crippen LogP) is 1.08. The molecule has 2 saturated heterocycles. The zero-order valence-corrected chi connectivity index (χ0v) is 9.79. The van der Waals surface area contributed by atoms with Gasteiger partial charge in [-0.3, -0.25) is 9.80 Å². The van der Waals surface area contributed by atoms with Gasteiger partial charge in [0.25, 0.3) is 0 Å². The lowest BCUT2D eigenvalue weighted by atomic mass is 9.99. The average molecular weight is 252 g/mol. The Labute approximate surface area is 99.2 Å². The van der Waals surface area contributed by atoms with E-state index in [-0.39, 0.29) is 6.54 Å². The summed E-state index contributed by atoms with van der Waals surface area (Å²) in [5.74, 6) is 0. The van der Waals surface area contributed by atoms with E-state index in [0.717, 1.165) is 25.9 Å². The van der Waals surface area contributed by atoms with Crippen LogP contribution >= 0.6 is 0 Å². The molecule has 0 aromatic carbocycles. The molecule has 0 aromatic rings. The van der Waals surface area contributed by atoms with Gasteiger partial charge in [0.05, 0.1) is 0 Å². The molecular formula is C11H19F3N2O. The molecule has 100 valence electrons. The van der Waals surface area contributed by atoms with Crippen LogP contribution in [0.3, 0.4) is 0 Å². The number of aliphatic hydroxyl groups is 1. The molecule has 1 N–H and O–H groups in total. The lowest BCUT2D eigenvalue weighted by Crippen LogP contribution is -2.56. The average Bonchev–Trinajstić information content (AvgIpc) is 2.27. The first-order valence-electron chi connectivity index (χ1n) is 6.18. The molecule has 2 rings (SSSR count). The highest BCUT2D eigenvalue weighted by Gasteiger charge is 2.40. The van der Waals surface area contributed by atoms with Gasteiger partial charge in [-0.1, -0.05) is 6.42 Å². The van der Waals surface area contributed by atoms with Crippen LogP contribution in [0.1, 0.15) is 19.3 Å². The van der Waals surface area contributed by atoms with E-state index >= 15 is 0 Å². The number of fused-ring (bicyclic) bond motifs is 1. The summed E-state index contributed by atoms with van der Waals surface area (Å²) in [5.41, 5.74) is 0. The Hall–Kier alpha value is -0.330. The molecule has 0 aromatic heterocycles. The maximum atomic E-state index is 12.3. The molecule has 2 fully saturated rings. The maximum Gasteiger partial charge on any atom is 0.415 e. The van der Waals surface area contributed by atoms with Crippen molar-refractivity contribution in [2.24, 2.45) is 0 Å². The summed E-state index contributed by atoms with van der Waals surface area (Å²) in [7, 11) is 0. The third-order valence-electron chi connectivity index (χ3n) is 3.73. The number of alkyl halides is 3.